The monoisotopic (exact) mass is 381 g/mol. The first-order chi connectivity index (χ1) is 12.8. The van der Waals surface area contributed by atoms with Crippen molar-refractivity contribution in [3.8, 4) is 11.8 Å². The van der Waals surface area contributed by atoms with Crippen LogP contribution in [0.15, 0.2) is 41.3 Å². The lowest BCUT2D eigenvalue weighted by atomic mass is 9.86. The first-order valence-corrected chi connectivity index (χ1v) is 9.58. The molecular weight excluding hydrogens is 352 g/mol. The lowest BCUT2D eigenvalue weighted by molar-refractivity contribution is 0.143. The third-order valence-electron chi connectivity index (χ3n) is 5.19. The second-order valence-electron chi connectivity index (χ2n) is 7.15. The predicted octanol–water partition coefficient (Wildman–Crippen LogP) is 4.38. The number of nitrogens with zero attached hydrogens (tertiary/aromatic N) is 2. The molecule has 2 aromatic rings. The van der Waals surface area contributed by atoms with E-state index < -0.39 is 0 Å². The Bertz CT molecular complexity index is 777. The Balaban J connectivity index is 0.00000140. The van der Waals surface area contributed by atoms with Gasteiger partial charge in [-0.3, -0.25) is 9.36 Å². The number of fused-ring (bicyclic) bond motifs is 1. The summed E-state index contributed by atoms with van der Waals surface area (Å²) < 4.78 is 13.4. The fourth-order valence-electron chi connectivity index (χ4n) is 3.74. The number of benzene rings is 1. The summed E-state index contributed by atoms with van der Waals surface area (Å²) in [7, 11) is 0. The molecule has 2 atom stereocenters. The lowest BCUT2D eigenvalue weighted by Gasteiger charge is -2.20. The minimum Gasteiger partial charge on any atom is -0.490 e. The van der Waals surface area contributed by atoms with Gasteiger partial charge < -0.3 is 9.47 Å². The van der Waals surface area contributed by atoms with Crippen LogP contribution in [0.5, 0.6) is 11.8 Å². The molecule has 0 bridgehead atoms. The maximum atomic E-state index is 11.3. The molecule has 1 saturated carbocycles. The Morgan fingerprint density at radius 1 is 1.07 bits per heavy atom. The number of hydrogen-bond acceptors (Lipinski definition) is 4. The average molecular weight is 381 g/mol. The van der Waals surface area contributed by atoms with Gasteiger partial charge in [0.15, 0.2) is 6.10 Å². The van der Waals surface area contributed by atoms with Gasteiger partial charge in [-0.05, 0) is 42.9 Å². The molecule has 1 aromatic heterocycles. The van der Waals surface area contributed by atoms with Crippen LogP contribution in [-0.2, 0) is 6.54 Å². The summed E-state index contributed by atoms with van der Waals surface area (Å²) >= 11 is 0. The zero-order valence-electron chi connectivity index (χ0n) is 16.4. The van der Waals surface area contributed by atoms with Crippen LogP contribution in [0.2, 0.25) is 0 Å². The highest BCUT2D eigenvalue weighted by Gasteiger charge is 2.23. The Morgan fingerprint density at radius 3 is 2.68 bits per heavy atom. The van der Waals surface area contributed by atoms with Crippen molar-refractivity contribution in [1.29, 1.82) is 0 Å². The van der Waals surface area contributed by atoms with Gasteiger partial charge in [0, 0.05) is 12.3 Å². The molecule has 0 saturated heterocycles. The van der Waals surface area contributed by atoms with Crippen LogP contribution in [0.1, 0.15) is 50.0 Å². The minimum absolute atomic E-state index is 0. The maximum Gasteiger partial charge on any atom is 0.300 e. The molecular formula is C23H29N2O3. The van der Waals surface area contributed by atoms with Gasteiger partial charge >= 0.3 is 0 Å². The van der Waals surface area contributed by atoms with E-state index in [-0.39, 0.29) is 26.5 Å². The van der Waals surface area contributed by atoms with Crippen molar-refractivity contribution in [2.75, 3.05) is 6.61 Å². The number of ether oxygens (including phenoxy) is 2. The van der Waals surface area contributed by atoms with E-state index in [1.807, 2.05) is 16.7 Å². The van der Waals surface area contributed by atoms with Gasteiger partial charge in [-0.15, -0.1) is 0 Å². The predicted molar refractivity (Wildman–Crippen MR) is 110 cm³/mol. The van der Waals surface area contributed by atoms with Gasteiger partial charge in [-0.2, -0.15) is 4.98 Å². The minimum atomic E-state index is -0.278. The summed E-state index contributed by atoms with van der Waals surface area (Å²) in [5.74, 6) is 1.42. The topological polar surface area (TPSA) is 53.4 Å². The third kappa shape index (κ3) is 5.37. The molecule has 1 fully saturated rings. The maximum absolute atomic E-state index is 11.3. The summed E-state index contributed by atoms with van der Waals surface area (Å²) in [6.07, 6.45) is 11.9. The van der Waals surface area contributed by atoms with E-state index in [0.717, 1.165) is 5.75 Å². The highest BCUT2D eigenvalue weighted by Crippen LogP contribution is 2.31. The van der Waals surface area contributed by atoms with Crippen molar-refractivity contribution in [2.45, 2.75) is 57.1 Å². The Hall–Kier alpha value is -2.30. The summed E-state index contributed by atoms with van der Waals surface area (Å²) in [6.45, 7) is 1.09. The smallest absolute Gasteiger partial charge is 0.300 e. The number of rotatable bonds is 4. The van der Waals surface area contributed by atoms with E-state index in [0.29, 0.717) is 25.1 Å². The Morgan fingerprint density at radius 2 is 1.86 bits per heavy atom. The van der Waals surface area contributed by atoms with Crippen LogP contribution in [0.3, 0.4) is 0 Å². The molecule has 2 heterocycles. The van der Waals surface area contributed by atoms with Crippen molar-refractivity contribution in [3.63, 3.8) is 0 Å². The van der Waals surface area contributed by atoms with Gasteiger partial charge in [0.1, 0.15) is 12.4 Å². The van der Waals surface area contributed by atoms with Crippen LogP contribution in [0.25, 0.3) is 0 Å². The summed E-state index contributed by atoms with van der Waals surface area (Å²) in [4.78, 5) is 15.1. The summed E-state index contributed by atoms with van der Waals surface area (Å²) in [5.41, 5.74) is 1.10. The first kappa shape index (κ1) is 22.0. The first-order valence-electron chi connectivity index (χ1n) is 9.58. The normalized spacial score (nSPS) is 19.2. The van der Waals surface area contributed by atoms with Crippen molar-refractivity contribution >= 4 is 0 Å². The molecule has 0 spiro atoms. The molecule has 0 N–H and O–H groups in total. The molecule has 1 aliphatic heterocycles. The number of hydrogen-bond donors (Lipinski definition) is 0. The number of aromatic nitrogens is 2. The fourth-order valence-corrected chi connectivity index (χ4v) is 3.74. The molecule has 0 amide bonds. The van der Waals surface area contributed by atoms with Crippen molar-refractivity contribution in [2.24, 2.45) is 0 Å². The van der Waals surface area contributed by atoms with Crippen molar-refractivity contribution < 1.29 is 9.47 Å². The van der Waals surface area contributed by atoms with E-state index in [4.69, 9.17) is 9.47 Å². The highest BCUT2D eigenvalue weighted by molar-refractivity contribution is 5.31. The van der Waals surface area contributed by atoms with Crippen LogP contribution in [0, 0.1) is 21.3 Å². The van der Waals surface area contributed by atoms with Gasteiger partial charge in [0.25, 0.3) is 11.6 Å². The second kappa shape index (κ2) is 10.3. The quantitative estimate of drug-likeness (QED) is 0.789. The molecule has 2 unspecified atom stereocenters. The second-order valence-corrected chi connectivity index (χ2v) is 7.15. The molecule has 149 valence electrons. The van der Waals surface area contributed by atoms with Crippen LogP contribution in [0.4, 0.5) is 0 Å². The van der Waals surface area contributed by atoms with Crippen LogP contribution < -0.4 is 15.0 Å². The zero-order valence-corrected chi connectivity index (χ0v) is 16.4. The van der Waals surface area contributed by atoms with Crippen molar-refractivity contribution in [1.82, 2.24) is 9.55 Å². The van der Waals surface area contributed by atoms with Crippen molar-refractivity contribution in [3.05, 3.63) is 73.7 Å². The lowest BCUT2D eigenvalue weighted by Crippen LogP contribution is -2.23. The summed E-state index contributed by atoms with van der Waals surface area (Å²) in [6, 6.07) is 10.3. The molecule has 1 aliphatic carbocycles. The van der Waals surface area contributed by atoms with Gasteiger partial charge in [-0.25, -0.2) is 0 Å². The van der Waals surface area contributed by atoms with E-state index >= 15 is 0 Å². The molecule has 28 heavy (non-hydrogen) atoms. The standard InChI is InChI=1S/C21H25N2O3.2CH2/c24-20-12-13-23-14-19(26-21(23)22-20)15-25-18-10-8-17(9-11-18)16-6-4-2-1-3-5-7-16;;/h6,8-13,16,19H,1-5,7,14-15H2;2*1H2. The zero-order chi connectivity index (χ0) is 17.8. The molecule has 2 aliphatic rings. The molecule has 5 nitrogen and oxygen atoms in total. The van der Waals surface area contributed by atoms with Crippen LogP contribution >= 0.6 is 0 Å². The molecule has 5 heteroatoms. The third-order valence-corrected chi connectivity index (χ3v) is 5.19. The largest absolute Gasteiger partial charge is 0.490 e. The van der Waals surface area contributed by atoms with E-state index in [9.17, 15) is 4.79 Å². The Kier molecular flexibility index (Phi) is 8.09. The average Bonchev–Trinajstić information content (AvgIpc) is 3.02. The van der Waals surface area contributed by atoms with E-state index in [1.165, 1.54) is 50.2 Å². The van der Waals surface area contributed by atoms with Gasteiger partial charge in [0.2, 0.25) is 0 Å². The van der Waals surface area contributed by atoms with Gasteiger partial charge in [-0.1, -0.05) is 52.7 Å². The van der Waals surface area contributed by atoms with E-state index in [2.05, 4.69) is 23.5 Å². The Labute approximate surface area is 168 Å². The summed E-state index contributed by atoms with van der Waals surface area (Å²) in [5, 5.41) is 0. The van der Waals surface area contributed by atoms with E-state index in [1.54, 1.807) is 6.20 Å². The molecule has 5 radical (unpaired) electrons. The molecule has 4 rings (SSSR count). The van der Waals surface area contributed by atoms with Crippen LogP contribution in [-0.4, -0.2) is 22.3 Å². The molecule has 1 aromatic carbocycles. The SMILES string of the molecule is O=c1ccn2c(n1)OC(COc1ccc(C3[CH]CCCCCC3)cc1)C2.[CH2].[CH2]. The fraction of sp³-hybridized carbons (Fsp3) is 0.435. The van der Waals surface area contributed by atoms with Gasteiger partial charge in [0.05, 0.1) is 6.54 Å². The highest BCUT2D eigenvalue weighted by atomic mass is 16.6.